The molecule has 0 aromatic heterocycles. The van der Waals surface area contributed by atoms with Gasteiger partial charge in [0.05, 0.1) is 14.2 Å². The minimum Gasteiger partial charge on any atom is -0.493 e. The predicted octanol–water partition coefficient (Wildman–Crippen LogP) is 4.22. The number of nitrogens with zero attached hydrogens (tertiary/aromatic N) is 2. The molecule has 3 aromatic carbocycles. The van der Waals surface area contributed by atoms with Crippen molar-refractivity contribution in [3.63, 3.8) is 0 Å². The van der Waals surface area contributed by atoms with Gasteiger partial charge < -0.3 is 14.8 Å². The molecule has 0 fully saturated rings. The van der Waals surface area contributed by atoms with Crippen LogP contribution in [0.25, 0.3) is 0 Å². The van der Waals surface area contributed by atoms with Crippen LogP contribution < -0.4 is 14.8 Å². The van der Waals surface area contributed by atoms with Crippen molar-refractivity contribution in [2.24, 2.45) is 4.99 Å². The van der Waals surface area contributed by atoms with E-state index in [0.29, 0.717) is 22.6 Å². The molecule has 1 heterocycles. The number of alkyl halides is 3. The van der Waals surface area contributed by atoms with E-state index in [1.54, 1.807) is 54.6 Å². The Morgan fingerprint density at radius 2 is 1.57 bits per heavy atom. The molecular weight excluding hydrogens is 487 g/mol. The van der Waals surface area contributed by atoms with Crippen LogP contribution in [-0.4, -0.2) is 55.2 Å². The Morgan fingerprint density at radius 3 is 2.16 bits per heavy atom. The largest absolute Gasteiger partial charge is 0.493 e. The van der Waals surface area contributed by atoms with Crippen molar-refractivity contribution in [2.45, 2.75) is 18.3 Å². The summed E-state index contributed by atoms with van der Waals surface area (Å²) >= 11 is 0. The third kappa shape index (κ3) is 5.00. The monoisotopic (exact) mass is 511 g/mol. The molecule has 1 N–H and O–H groups in total. The fraction of sp³-hybridized carbons (Fsp3) is 0.222. The molecule has 10 heteroatoms. The van der Waals surface area contributed by atoms with Gasteiger partial charge in [0.1, 0.15) is 5.84 Å². The first-order valence-electron chi connectivity index (χ1n) is 11.3. The Kier molecular flexibility index (Phi) is 7.19. The maximum Gasteiger partial charge on any atom is 0.442 e. The number of amides is 2. The van der Waals surface area contributed by atoms with E-state index in [1.807, 2.05) is 5.32 Å². The van der Waals surface area contributed by atoms with Gasteiger partial charge in [-0.05, 0) is 36.2 Å². The summed E-state index contributed by atoms with van der Waals surface area (Å²) in [6.07, 6.45) is -5.01. The van der Waals surface area contributed by atoms with E-state index < -0.39 is 23.7 Å². The zero-order valence-electron chi connectivity index (χ0n) is 20.1. The van der Waals surface area contributed by atoms with E-state index >= 15 is 0 Å². The molecule has 3 aromatic rings. The van der Waals surface area contributed by atoms with Crippen LogP contribution in [0.2, 0.25) is 0 Å². The molecule has 0 spiro atoms. The van der Waals surface area contributed by atoms with E-state index in [2.05, 4.69) is 4.99 Å². The maximum atomic E-state index is 14.6. The van der Waals surface area contributed by atoms with Gasteiger partial charge in [0, 0.05) is 17.7 Å². The van der Waals surface area contributed by atoms with Gasteiger partial charge in [0.2, 0.25) is 0 Å². The topological polar surface area (TPSA) is 80.2 Å². The van der Waals surface area contributed by atoms with E-state index in [0.717, 1.165) is 4.90 Å². The molecule has 1 atom stereocenters. The first kappa shape index (κ1) is 25.7. The highest BCUT2D eigenvalue weighted by atomic mass is 19.4. The van der Waals surface area contributed by atoms with Crippen molar-refractivity contribution >= 4 is 17.6 Å². The number of carbonyl (C=O) groups is 2. The zero-order chi connectivity index (χ0) is 26.6. The number of methoxy groups -OCH3 is 2. The van der Waals surface area contributed by atoms with Gasteiger partial charge in [-0.25, -0.2) is 4.99 Å². The quantitative estimate of drug-likeness (QED) is 0.491. The van der Waals surface area contributed by atoms with E-state index in [4.69, 9.17) is 9.47 Å². The van der Waals surface area contributed by atoms with Gasteiger partial charge in [-0.15, -0.1) is 0 Å². The minimum atomic E-state index is -5.20. The molecular formula is C27H24F3N3O4. The summed E-state index contributed by atoms with van der Waals surface area (Å²) in [6.45, 7) is -0.124. The molecule has 1 aliphatic heterocycles. The number of halogens is 3. The second-order valence-corrected chi connectivity index (χ2v) is 8.23. The Hall–Kier alpha value is -4.34. The SMILES string of the molecule is COc1ccc(CCN2C(=O)C(NC(=O)c3ccccc3)(C(F)(F)F)N=C2c2ccccc2)cc1OC. The Morgan fingerprint density at radius 1 is 0.946 bits per heavy atom. The van der Waals surface area contributed by atoms with Crippen molar-refractivity contribution in [3.8, 4) is 11.5 Å². The van der Waals surface area contributed by atoms with Gasteiger partial charge >= 0.3 is 11.8 Å². The minimum absolute atomic E-state index is 0.0286. The van der Waals surface area contributed by atoms with Gasteiger partial charge in [-0.1, -0.05) is 54.6 Å². The van der Waals surface area contributed by atoms with Crippen molar-refractivity contribution in [1.29, 1.82) is 0 Å². The molecule has 1 unspecified atom stereocenters. The maximum absolute atomic E-state index is 14.6. The van der Waals surface area contributed by atoms with Crippen molar-refractivity contribution in [3.05, 3.63) is 95.6 Å². The van der Waals surface area contributed by atoms with Gasteiger partial charge in [0.15, 0.2) is 11.5 Å². The summed E-state index contributed by atoms with van der Waals surface area (Å²) in [5.74, 6) is -1.69. The average Bonchev–Trinajstić information content (AvgIpc) is 3.20. The zero-order valence-corrected chi connectivity index (χ0v) is 20.1. The van der Waals surface area contributed by atoms with Crippen LogP contribution in [0, 0.1) is 0 Å². The molecule has 2 amide bonds. The van der Waals surface area contributed by atoms with Gasteiger partial charge in [-0.3, -0.25) is 14.5 Å². The summed E-state index contributed by atoms with van der Waals surface area (Å²) in [7, 11) is 2.96. The number of nitrogens with one attached hydrogen (secondary N) is 1. The third-order valence-electron chi connectivity index (χ3n) is 5.93. The highest BCUT2D eigenvalue weighted by Crippen LogP contribution is 2.39. The normalized spacial score (nSPS) is 17.4. The summed E-state index contributed by atoms with van der Waals surface area (Å²) in [5, 5.41) is 1.88. The summed E-state index contributed by atoms with van der Waals surface area (Å²) < 4.78 is 54.2. The van der Waals surface area contributed by atoms with E-state index in [1.165, 1.54) is 38.5 Å². The summed E-state index contributed by atoms with van der Waals surface area (Å²) in [4.78, 5) is 31.1. The fourth-order valence-electron chi connectivity index (χ4n) is 4.01. The molecule has 7 nitrogen and oxygen atoms in total. The predicted molar refractivity (Wildman–Crippen MR) is 131 cm³/mol. The van der Waals surface area contributed by atoms with Crippen LogP contribution in [0.3, 0.4) is 0 Å². The molecule has 0 saturated heterocycles. The Balaban J connectivity index is 1.72. The molecule has 37 heavy (non-hydrogen) atoms. The number of aliphatic imine (C=N–C) groups is 1. The van der Waals surface area contributed by atoms with E-state index in [-0.39, 0.29) is 24.4 Å². The second kappa shape index (κ2) is 10.3. The highest BCUT2D eigenvalue weighted by molar-refractivity contribution is 6.16. The van der Waals surface area contributed by atoms with Crippen LogP contribution in [0.5, 0.6) is 11.5 Å². The van der Waals surface area contributed by atoms with Gasteiger partial charge in [-0.2, -0.15) is 13.2 Å². The number of hydrogen-bond acceptors (Lipinski definition) is 5. The number of ether oxygens (including phenoxy) is 2. The van der Waals surface area contributed by atoms with Crippen LogP contribution in [0.4, 0.5) is 13.2 Å². The lowest BCUT2D eigenvalue weighted by Gasteiger charge is -2.29. The summed E-state index contributed by atoms with van der Waals surface area (Å²) in [5.41, 5.74) is -2.49. The number of benzene rings is 3. The molecule has 0 radical (unpaired) electrons. The average molecular weight is 512 g/mol. The van der Waals surface area contributed by atoms with Gasteiger partial charge in [0.25, 0.3) is 11.8 Å². The molecule has 0 saturated carbocycles. The standard InChI is InChI=1S/C27H24F3N3O4/c1-36-21-14-13-18(17-22(21)37-2)15-16-33-23(19-9-5-3-6-10-19)31-26(25(33)35,27(28,29)30)32-24(34)20-11-7-4-8-12-20/h3-14,17H,15-16H2,1-2H3,(H,32,34). The smallest absolute Gasteiger partial charge is 0.442 e. The highest BCUT2D eigenvalue weighted by Gasteiger charge is 2.67. The van der Waals surface area contributed by atoms with Crippen molar-refractivity contribution in [2.75, 3.05) is 20.8 Å². The van der Waals surface area contributed by atoms with Crippen molar-refractivity contribution < 1.29 is 32.2 Å². The van der Waals surface area contributed by atoms with Crippen molar-refractivity contribution in [1.82, 2.24) is 10.2 Å². The third-order valence-corrected chi connectivity index (χ3v) is 5.93. The first-order valence-corrected chi connectivity index (χ1v) is 11.3. The summed E-state index contributed by atoms with van der Waals surface area (Å²) in [6, 6.07) is 20.5. The van der Waals surface area contributed by atoms with Crippen LogP contribution >= 0.6 is 0 Å². The lowest BCUT2D eigenvalue weighted by Crippen LogP contribution is -2.63. The molecule has 192 valence electrons. The van der Waals surface area contributed by atoms with Crippen LogP contribution in [0.15, 0.2) is 83.9 Å². The first-order chi connectivity index (χ1) is 17.7. The molecule has 1 aliphatic rings. The van der Waals surface area contributed by atoms with E-state index in [9.17, 15) is 22.8 Å². The lowest BCUT2D eigenvalue weighted by molar-refractivity contribution is -0.196. The Bertz CT molecular complexity index is 1310. The second-order valence-electron chi connectivity index (χ2n) is 8.23. The number of amidine groups is 1. The molecule has 0 bridgehead atoms. The Labute approximate surface area is 211 Å². The fourth-order valence-corrected chi connectivity index (χ4v) is 4.01. The number of rotatable bonds is 8. The lowest BCUT2D eigenvalue weighted by atomic mass is 10.1. The number of carbonyl (C=O) groups excluding carboxylic acids is 2. The van der Waals surface area contributed by atoms with Crippen LogP contribution in [0.1, 0.15) is 21.5 Å². The van der Waals surface area contributed by atoms with Crippen LogP contribution in [-0.2, 0) is 11.2 Å². The molecule has 4 rings (SSSR count). The number of hydrogen-bond donors (Lipinski definition) is 1. The molecule has 0 aliphatic carbocycles.